The highest BCUT2D eigenvalue weighted by atomic mass is 16.7. The van der Waals surface area contributed by atoms with Gasteiger partial charge in [-0.05, 0) is 24.6 Å². The van der Waals surface area contributed by atoms with E-state index in [9.17, 15) is 9.90 Å². The summed E-state index contributed by atoms with van der Waals surface area (Å²) in [5, 5.41) is 11.3. The molecule has 0 saturated carbocycles. The molecule has 0 spiro atoms. The molecule has 0 bridgehead atoms. The van der Waals surface area contributed by atoms with Crippen LogP contribution in [-0.4, -0.2) is 54.5 Å². The van der Waals surface area contributed by atoms with Crippen molar-refractivity contribution in [3.05, 3.63) is 71.3 Å². The predicted molar refractivity (Wildman–Crippen MR) is 103 cm³/mol. The lowest BCUT2D eigenvalue weighted by molar-refractivity contribution is -0.284. The fourth-order valence-corrected chi connectivity index (χ4v) is 3.89. The molecule has 2 aromatic carbocycles. The van der Waals surface area contributed by atoms with E-state index in [1.807, 2.05) is 18.2 Å². The number of hydrogen-bond donors (Lipinski definition) is 1. The van der Waals surface area contributed by atoms with E-state index in [4.69, 9.17) is 14.2 Å². The van der Waals surface area contributed by atoms with Gasteiger partial charge in [0.05, 0.1) is 38.0 Å². The molecule has 2 aliphatic rings. The first kappa shape index (κ1) is 19.1. The van der Waals surface area contributed by atoms with E-state index in [1.54, 1.807) is 31.2 Å². The number of rotatable bonds is 5. The first-order valence-corrected chi connectivity index (χ1v) is 9.62. The third kappa shape index (κ3) is 3.82. The van der Waals surface area contributed by atoms with Gasteiger partial charge in [0, 0.05) is 12.1 Å². The number of carbonyl (C=O) groups excluding carboxylic acids is 1. The molecule has 0 amide bonds. The Balaban J connectivity index is 1.56. The van der Waals surface area contributed by atoms with Crippen LogP contribution in [0.3, 0.4) is 0 Å². The van der Waals surface area contributed by atoms with Crippen LogP contribution >= 0.6 is 0 Å². The van der Waals surface area contributed by atoms with Crippen molar-refractivity contribution in [1.82, 2.24) is 4.90 Å². The van der Waals surface area contributed by atoms with Gasteiger partial charge >= 0.3 is 5.97 Å². The number of morpholine rings is 1. The van der Waals surface area contributed by atoms with Crippen LogP contribution in [0.4, 0.5) is 0 Å². The van der Waals surface area contributed by atoms with E-state index in [2.05, 4.69) is 17.0 Å². The zero-order valence-corrected chi connectivity index (χ0v) is 15.9. The number of β-amino-alcohol motifs (C(OH)–C–C–N with tert-alkyl or cyclic N) is 1. The zero-order chi connectivity index (χ0) is 19.6. The summed E-state index contributed by atoms with van der Waals surface area (Å²) < 4.78 is 16.7. The SMILES string of the molecule is CCOC(=O)c1ccc(C2(O)CN(Cc3ccccc3)[C@@H]3COC[C@@H]3O2)cc1. The van der Waals surface area contributed by atoms with Gasteiger partial charge in [0.2, 0.25) is 5.79 Å². The minimum atomic E-state index is -1.46. The topological polar surface area (TPSA) is 68.2 Å². The number of aliphatic hydroxyl groups is 1. The first-order valence-electron chi connectivity index (χ1n) is 9.62. The second kappa shape index (κ2) is 8.01. The van der Waals surface area contributed by atoms with Crippen molar-refractivity contribution in [3.8, 4) is 0 Å². The average molecular weight is 383 g/mol. The molecular formula is C22H25NO5. The van der Waals surface area contributed by atoms with Gasteiger partial charge in [0.25, 0.3) is 0 Å². The van der Waals surface area contributed by atoms with Crippen molar-refractivity contribution >= 4 is 5.97 Å². The van der Waals surface area contributed by atoms with Gasteiger partial charge in [-0.1, -0.05) is 42.5 Å². The fraction of sp³-hybridized carbons (Fsp3) is 0.409. The van der Waals surface area contributed by atoms with Crippen LogP contribution < -0.4 is 0 Å². The molecule has 3 atom stereocenters. The molecule has 148 valence electrons. The molecule has 6 heteroatoms. The van der Waals surface area contributed by atoms with E-state index in [0.29, 0.717) is 44.0 Å². The largest absolute Gasteiger partial charge is 0.462 e. The van der Waals surface area contributed by atoms with Crippen LogP contribution in [0.25, 0.3) is 0 Å². The molecule has 2 aromatic rings. The second-order valence-electron chi connectivity index (χ2n) is 7.23. The normalized spacial score (nSPS) is 27.4. The lowest BCUT2D eigenvalue weighted by atomic mass is 9.98. The Morgan fingerprint density at radius 3 is 2.64 bits per heavy atom. The number of fused-ring (bicyclic) bond motifs is 1. The van der Waals surface area contributed by atoms with Gasteiger partial charge in [-0.15, -0.1) is 0 Å². The lowest BCUT2D eigenvalue weighted by Crippen LogP contribution is -2.58. The molecule has 2 saturated heterocycles. The number of ether oxygens (including phenoxy) is 3. The number of esters is 1. The number of nitrogens with zero attached hydrogens (tertiary/aromatic N) is 1. The Morgan fingerprint density at radius 2 is 1.93 bits per heavy atom. The Kier molecular flexibility index (Phi) is 5.46. The molecule has 0 radical (unpaired) electrons. The van der Waals surface area contributed by atoms with Crippen LogP contribution in [-0.2, 0) is 26.5 Å². The van der Waals surface area contributed by atoms with Gasteiger partial charge in [0.15, 0.2) is 0 Å². The molecular weight excluding hydrogens is 358 g/mol. The molecule has 0 aromatic heterocycles. The quantitative estimate of drug-likeness (QED) is 0.800. The Labute approximate surface area is 164 Å². The third-order valence-electron chi connectivity index (χ3n) is 5.31. The lowest BCUT2D eigenvalue weighted by Gasteiger charge is -2.45. The minimum Gasteiger partial charge on any atom is -0.462 e. The van der Waals surface area contributed by atoms with Gasteiger partial charge in [-0.3, -0.25) is 4.90 Å². The van der Waals surface area contributed by atoms with Crippen molar-refractivity contribution in [2.24, 2.45) is 0 Å². The van der Waals surface area contributed by atoms with Crippen molar-refractivity contribution in [3.63, 3.8) is 0 Å². The Bertz CT molecular complexity index is 809. The Morgan fingerprint density at radius 1 is 1.18 bits per heavy atom. The van der Waals surface area contributed by atoms with Crippen molar-refractivity contribution in [2.45, 2.75) is 31.4 Å². The standard InChI is InChI=1S/C22H25NO5/c1-2-27-21(24)17-8-10-18(11-9-17)22(25)15-23(12-16-6-4-3-5-7-16)19-13-26-14-20(19)28-22/h3-11,19-20,25H,2,12-15H2,1H3/t19-,20+,22?/m1/s1. The molecule has 2 fully saturated rings. The molecule has 0 aliphatic carbocycles. The maximum Gasteiger partial charge on any atom is 0.338 e. The van der Waals surface area contributed by atoms with Gasteiger partial charge < -0.3 is 19.3 Å². The molecule has 4 rings (SSSR count). The molecule has 6 nitrogen and oxygen atoms in total. The van der Waals surface area contributed by atoms with Gasteiger partial charge in [-0.2, -0.15) is 0 Å². The van der Waals surface area contributed by atoms with E-state index in [1.165, 1.54) is 5.56 Å². The zero-order valence-electron chi connectivity index (χ0n) is 15.9. The number of carbonyl (C=O) groups is 1. The molecule has 28 heavy (non-hydrogen) atoms. The smallest absolute Gasteiger partial charge is 0.338 e. The second-order valence-corrected chi connectivity index (χ2v) is 7.23. The summed E-state index contributed by atoms with van der Waals surface area (Å²) in [4.78, 5) is 14.1. The van der Waals surface area contributed by atoms with E-state index in [-0.39, 0.29) is 18.1 Å². The van der Waals surface area contributed by atoms with Gasteiger partial charge in [0.1, 0.15) is 6.10 Å². The van der Waals surface area contributed by atoms with Crippen LogP contribution in [0.2, 0.25) is 0 Å². The van der Waals surface area contributed by atoms with Crippen molar-refractivity contribution in [2.75, 3.05) is 26.4 Å². The summed E-state index contributed by atoms with van der Waals surface area (Å²) in [6, 6.07) is 17.1. The summed E-state index contributed by atoms with van der Waals surface area (Å²) >= 11 is 0. The first-order chi connectivity index (χ1) is 13.6. The molecule has 2 aliphatic heterocycles. The molecule has 1 N–H and O–H groups in total. The summed E-state index contributed by atoms with van der Waals surface area (Å²) in [6.07, 6.45) is -0.202. The number of hydrogen-bond acceptors (Lipinski definition) is 6. The van der Waals surface area contributed by atoms with E-state index < -0.39 is 5.79 Å². The molecule has 2 heterocycles. The van der Waals surface area contributed by atoms with Crippen molar-refractivity contribution in [1.29, 1.82) is 0 Å². The van der Waals surface area contributed by atoms with Crippen molar-refractivity contribution < 1.29 is 24.1 Å². The van der Waals surface area contributed by atoms with E-state index in [0.717, 1.165) is 0 Å². The maximum absolute atomic E-state index is 11.9. The van der Waals surface area contributed by atoms with Crippen LogP contribution in [0.5, 0.6) is 0 Å². The highest BCUT2D eigenvalue weighted by Gasteiger charge is 2.48. The summed E-state index contributed by atoms with van der Waals surface area (Å²) in [6.45, 7) is 4.18. The van der Waals surface area contributed by atoms with Crippen LogP contribution in [0.1, 0.15) is 28.4 Å². The summed E-state index contributed by atoms with van der Waals surface area (Å²) in [5.41, 5.74) is 2.24. The monoisotopic (exact) mass is 383 g/mol. The highest BCUT2D eigenvalue weighted by Crippen LogP contribution is 2.36. The fourth-order valence-electron chi connectivity index (χ4n) is 3.89. The van der Waals surface area contributed by atoms with Crippen LogP contribution in [0.15, 0.2) is 54.6 Å². The third-order valence-corrected chi connectivity index (χ3v) is 5.31. The van der Waals surface area contributed by atoms with Gasteiger partial charge in [-0.25, -0.2) is 4.79 Å². The summed E-state index contributed by atoms with van der Waals surface area (Å²) in [7, 11) is 0. The minimum absolute atomic E-state index is 0.110. The number of benzene rings is 2. The van der Waals surface area contributed by atoms with E-state index >= 15 is 0 Å². The Hall–Kier alpha value is -2.25. The van der Waals surface area contributed by atoms with Crippen LogP contribution in [0, 0.1) is 0 Å². The molecule has 1 unspecified atom stereocenters. The average Bonchev–Trinajstić information content (AvgIpc) is 3.17. The summed E-state index contributed by atoms with van der Waals surface area (Å²) in [5.74, 6) is -1.84. The highest BCUT2D eigenvalue weighted by molar-refractivity contribution is 5.89. The predicted octanol–water partition coefficient (Wildman–Crippen LogP) is 2.31. The maximum atomic E-state index is 11.9.